The van der Waals surface area contributed by atoms with Gasteiger partial charge in [-0.3, -0.25) is 9.79 Å². The normalized spacial score (nSPS) is 22.9. The minimum atomic E-state index is -3.91. The maximum Gasteiger partial charge on any atom is 0.303 e. The van der Waals surface area contributed by atoms with Crippen LogP contribution in [0.3, 0.4) is 0 Å². The number of ether oxygens (including phenoxy) is 1. The Morgan fingerprint density at radius 2 is 1.88 bits per heavy atom. The largest absolute Gasteiger partial charge is 0.497 e. The molecule has 3 aliphatic rings. The fourth-order valence-electron chi connectivity index (χ4n) is 7.12. The van der Waals surface area contributed by atoms with Gasteiger partial charge < -0.3 is 9.30 Å². The number of carbonyl (C=O) groups is 1. The average molecular weight is 563 g/mol. The van der Waals surface area contributed by atoms with Crippen LogP contribution in [0.2, 0.25) is 0 Å². The first-order chi connectivity index (χ1) is 19.1. The van der Waals surface area contributed by atoms with Crippen LogP contribution in [0.1, 0.15) is 78.8 Å². The molecule has 2 unspecified atom stereocenters. The highest BCUT2D eigenvalue weighted by Crippen LogP contribution is 2.66. The Kier molecular flexibility index (Phi) is 6.57. The molecule has 0 radical (unpaired) electrons. The number of nitrogens with one attached hydrogen (secondary N) is 1. The van der Waals surface area contributed by atoms with Crippen LogP contribution in [0.15, 0.2) is 41.4 Å². The molecule has 0 bridgehead atoms. The molecule has 1 aliphatic heterocycles. The molecule has 2 aromatic carbocycles. The molecule has 0 spiro atoms. The van der Waals surface area contributed by atoms with Crippen LogP contribution in [0.4, 0.5) is 0 Å². The second-order valence-electron chi connectivity index (χ2n) is 11.8. The Hall–Kier alpha value is -3.17. The third-order valence-electron chi connectivity index (χ3n) is 9.54. The summed E-state index contributed by atoms with van der Waals surface area (Å²) in [7, 11) is 2.47. The molecular formula is C31H38N4O4S. The van der Waals surface area contributed by atoms with Crippen LogP contribution in [0.25, 0.3) is 22.2 Å². The highest BCUT2D eigenvalue weighted by atomic mass is 32.2. The molecule has 6 rings (SSSR count). The molecule has 1 aromatic heterocycles. The van der Waals surface area contributed by atoms with Gasteiger partial charge >= 0.3 is 10.2 Å². The Morgan fingerprint density at radius 1 is 1.12 bits per heavy atom. The second-order valence-corrected chi connectivity index (χ2v) is 13.7. The lowest BCUT2D eigenvalue weighted by molar-refractivity contribution is 0.0980. The van der Waals surface area contributed by atoms with Crippen molar-refractivity contribution in [1.82, 2.24) is 13.6 Å². The summed E-state index contributed by atoms with van der Waals surface area (Å²) in [4.78, 5) is 17.8. The van der Waals surface area contributed by atoms with Crippen molar-refractivity contribution in [3.05, 3.63) is 53.1 Å². The Morgan fingerprint density at radius 3 is 2.55 bits per heavy atom. The minimum absolute atomic E-state index is 0.108. The van der Waals surface area contributed by atoms with Crippen molar-refractivity contribution in [3.63, 3.8) is 0 Å². The van der Waals surface area contributed by atoms with Crippen molar-refractivity contribution in [1.29, 1.82) is 0 Å². The first-order valence-corrected chi connectivity index (χ1v) is 15.6. The zero-order valence-electron chi connectivity index (χ0n) is 24.0. The summed E-state index contributed by atoms with van der Waals surface area (Å²) in [6.07, 6.45) is 6.98. The number of carbonyl (C=O) groups excluding carboxylic acids is 1. The molecule has 3 aromatic rings. The Bertz CT molecular complexity index is 1650. The maximum atomic E-state index is 13.2. The molecule has 8 nitrogen and oxygen atoms in total. The first kappa shape index (κ1) is 27.0. The topological polar surface area (TPSA) is 93.0 Å². The van der Waals surface area contributed by atoms with Gasteiger partial charge in [0.15, 0.2) is 0 Å². The van der Waals surface area contributed by atoms with E-state index in [4.69, 9.17) is 4.74 Å². The number of methoxy groups -OCH3 is 1. The highest BCUT2D eigenvalue weighted by Gasteiger charge is 2.59. The summed E-state index contributed by atoms with van der Waals surface area (Å²) in [5, 5.41) is 1.15. The first-order valence-electron chi connectivity index (χ1n) is 14.1. The van der Waals surface area contributed by atoms with Gasteiger partial charge in [0.1, 0.15) is 5.75 Å². The van der Waals surface area contributed by atoms with E-state index < -0.39 is 16.1 Å². The van der Waals surface area contributed by atoms with E-state index in [1.165, 1.54) is 55.7 Å². The zero-order chi connectivity index (χ0) is 28.4. The second kappa shape index (κ2) is 9.73. The van der Waals surface area contributed by atoms with Gasteiger partial charge in [-0.15, -0.1) is 0 Å². The highest BCUT2D eigenvalue weighted by molar-refractivity contribution is 7.87. The third kappa shape index (κ3) is 4.16. The lowest BCUT2D eigenvalue weighted by Crippen LogP contribution is -2.39. The fraction of sp³-hybridized carbons (Fsp3) is 0.484. The molecule has 2 heterocycles. The number of nitrogens with zero attached hydrogens (tertiary/aromatic N) is 3. The van der Waals surface area contributed by atoms with Crippen LogP contribution in [0.5, 0.6) is 5.75 Å². The molecule has 40 heavy (non-hydrogen) atoms. The molecule has 2 fully saturated rings. The Labute approximate surface area is 236 Å². The van der Waals surface area contributed by atoms with E-state index in [1.807, 2.05) is 25.2 Å². The van der Waals surface area contributed by atoms with E-state index in [1.54, 1.807) is 13.2 Å². The van der Waals surface area contributed by atoms with Gasteiger partial charge in [0.05, 0.1) is 12.8 Å². The van der Waals surface area contributed by atoms with E-state index in [0.29, 0.717) is 17.4 Å². The van der Waals surface area contributed by atoms with Crippen LogP contribution < -0.4 is 9.46 Å². The molecule has 9 heteroatoms. The number of benzene rings is 2. The van der Waals surface area contributed by atoms with Gasteiger partial charge in [-0.25, -0.2) is 4.72 Å². The van der Waals surface area contributed by atoms with Crippen LogP contribution in [-0.4, -0.2) is 57.2 Å². The number of aliphatic imine (C=N–C) groups is 1. The quantitative estimate of drug-likeness (QED) is 0.403. The molecule has 212 valence electrons. The summed E-state index contributed by atoms with van der Waals surface area (Å²) in [6, 6.07) is 12.1. The van der Waals surface area contributed by atoms with Gasteiger partial charge in [-0.05, 0) is 79.5 Å². The number of amides is 1. The molecule has 1 amide bonds. The predicted octanol–water partition coefficient (Wildman–Crippen LogP) is 5.48. The lowest BCUT2D eigenvalue weighted by atomic mass is 9.81. The molecule has 2 atom stereocenters. The van der Waals surface area contributed by atoms with E-state index in [-0.39, 0.29) is 5.41 Å². The zero-order valence-corrected chi connectivity index (χ0v) is 24.8. The molecule has 2 saturated carbocycles. The monoisotopic (exact) mass is 562 g/mol. The average Bonchev–Trinajstić information content (AvgIpc) is 3.62. The van der Waals surface area contributed by atoms with Gasteiger partial charge in [-0.2, -0.15) is 12.7 Å². The van der Waals surface area contributed by atoms with Crippen LogP contribution in [-0.2, 0) is 16.8 Å². The maximum absolute atomic E-state index is 13.2. The van der Waals surface area contributed by atoms with Gasteiger partial charge in [0.2, 0.25) is 0 Å². The molecule has 1 N–H and O–H groups in total. The SMILES string of the molecule is CN=C(C)C12CC1c1cc(OC)ccc1-c1c(C3CCCCC3)c3ccc(C(=O)NS(=O)(=O)N(C)C)cc3n1C2. The van der Waals surface area contributed by atoms with Gasteiger partial charge in [0, 0.05) is 60.8 Å². The number of aromatic nitrogens is 1. The van der Waals surface area contributed by atoms with Crippen molar-refractivity contribution < 1.29 is 17.9 Å². The summed E-state index contributed by atoms with van der Waals surface area (Å²) in [5.41, 5.74) is 7.45. The standard InChI is InChI=1S/C31H38N4O4S/c1-19(32-2)31-17-26(31)25-16-22(39-5)12-14-23(25)29-28(20-9-7-6-8-10-20)24-13-11-21(15-27(24)35(29)18-31)30(36)33-40(37,38)34(3)4/h11-16,20,26H,6-10,17-18H2,1-5H3,(H,33,36). The fourth-order valence-corrected chi connectivity index (χ4v) is 7.66. The van der Waals surface area contributed by atoms with Gasteiger partial charge in [0.25, 0.3) is 5.91 Å². The van der Waals surface area contributed by atoms with Crippen LogP contribution >= 0.6 is 0 Å². The lowest BCUT2D eigenvalue weighted by Gasteiger charge is -2.24. The van der Waals surface area contributed by atoms with Crippen molar-refractivity contribution >= 4 is 32.7 Å². The Balaban J connectivity index is 1.61. The minimum Gasteiger partial charge on any atom is -0.497 e. The third-order valence-corrected chi connectivity index (χ3v) is 10.9. The van der Waals surface area contributed by atoms with Crippen molar-refractivity contribution in [2.24, 2.45) is 10.4 Å². The van der Waals surface area contributed by atoms with Crippen molar-refractivity contribution in [2.75, 3.05) is 28.3 Å². The van der Waals surface area contributed by atoms with Gasteiger partial charge in [-0.1, -0.05) is 25.3 Å². The van der Waals surface area contributed by atoms with Crippen LogP contribution in [0, 0.1) is 5.41 Å². The molecule has 2 aliphatic carbocycles. The molecular weight excluding hydrogens is 524 g/mol. The van der Waals surface area contributed by atoms with E-state index >= 15 is 0 Å². The van der Waals surface area contributed by atoms with E-state index in [2.05, 4.69) is 33.3 Å². The number of hydrogen-bond donors (Lipinski definition) is 1. The van der Waals surface area contributed by atoms with E-state index in [0.717, 1.165) is 52.5 Å². The predicted molar refractivity (Wildman–Crippen MR) is 159 cm³/mol. The number of fused-ring (bicyclic) bond motifs is 7. The number of rotatable bonds is 6. The summed E-state index contributed by atoms with van der Waals surface area (Å²) < 4.78 is 36.1. The summed E-state index contributed by atoms with van der Waals surface area (Å²) in [5.74, 6) is 1.000. The smallest absolute Gasteiger partial charge is 0.303 e. The van der Waals surface area contributed by atoms with E-state index in [9.17, 15) is 13.2 Å². The summed E-state index contributed by atoms with van der Waals surface area (Å²) >= 11 is 0. The molecule has 0 saturated heterocycles. The van der Waals surface area contributed by atoms with Crippen molar-refractivity contribution in [3.8, 4) is 17.0 Å². The summed E-state index contributed by atoms with van der Waals surface area (Å²) in [6.45, 7) is 2.89. The van der Waals surface area contributed by atoms with Crippen molar-refractivity contribution in [2.45, 2.75) is 63.8 Å². The number of hydrogen-bond acceptors (Lipinski definition) is 5.